The first-order valence-electron chi connectivity index (χ1n) is 10.1. The summed E-state index contributed by atoms with van der Waals surface area (Å²) in [6.45, 7) is 0. The lowest BCUT2D eigenvalue weighted by Gasteiger charge is -2.22. The van der Waals surface area contributed by atoms with Crippen molar-refractivity contribution >= 4 is 23.7 Å². The summed E-state index contributed by atoms with van der Waals surface area (Å²) >= 11 is 1.44. The average molecular weight is 472 g/mol. The topological polar surface area (TPSA) is 58.6 Å². The fourth-order valence-electron chi connectivity index (χ4n) is 3.51. The number of phenols is 1. The molecule has 1 amide bonds. The number of benzene rings is 3. The lowest BCUT2D eigenvalue weighted by Crippen LogP contribution is -2.13. The van der Waals surface area contributed by atoms with Gasteiger partial charge < -0.3 is 15.2 Å². The van der Waals surface area contributed by atoms with Gasteiger partial charge in [0.15, 0.2) is 0 Å². The van der Waals surface area contributed by atoms with E-state index in [2.05, 4.69) is 5.32 Å². The lowest BCUT2D eigenvalue weighted by molar-refractivity contribution is -0.137. The number of hydrogen-bond acceptors (Lipinski definition) is 4. The quantitative estimate of drug-likeness (QED) is 0.439. The number of amides is 1. The van der Waals surface area contributed by atoms with Crippen molar-refractivity contribution < 1.29 is 27.8 Å². The summed E-state index contributed by atoms with van der Waals surface area (Å²) in [6, 6.07) is 17.2. The molecule has 2 atom stereocenters. The highest BCUT2D eigenvalue weighted by Crippen LogP contribution is 2.55. The van der Waals surface area contributed by atoms with E-state index in [1.54, 1.807) is 43.5 Å². The molecular weight excluding hydrogens is 451 g/mol. The van der Waals surface area contributed by atoms with E-state index >= 15 is 0 Å². The maximum absolute atomic E-state index is 13.0. The minimum atomic E-state index is -4.40. The van der Waals surface area contributed by atoms with Gasteiger partial charge in [-0.3, -0.25) is 4.79 Å². The van der Waals surface area contributed by atoms with Gasteiger partial charge in [0, 0.05) is 23.6 Å². The highest BCUT2D eigenvalue weighted by Gasteiger charge is 2.37. The third kappa shape index (κ3) is 5.17. The third-order valence-corrected chi connectivity index (χ3v) is 6.60. The molecule has 1 heterocycles. The molecule has 4 nitrogen and oxygen atoms in total. The minimum Gasteiger partial charge on any atom is -0.508 e. The number of aromatic hydroxyl groups is 1. The Kier molecular flexibility index (Phi) is 6.37. The number of rotatable bonds is 5. The predicted octanol–water partition coefficient (Wildman–Crippen LogP) is 6.14. The summed E-state index contributed by atoms with van der Waals surface area (Å²) in [7, 11) is 1.55. The van der Waals surface area contributed by atoms with Crippen LogP contribution in [0.1, 0.15) is 33.6 Å². The standard InChI is InChI=1S/C25H20F3NO3S/c1-29-22(31)13-4-15-2-10-19(11-3-15)32-23-20-12-9-18(30)14-21(20)33-24(23)16-5-7-17(8-6-16)25(26,27)28/h2-14,23-24,30H,1H3,(H,29,31)/b13-4+. The molecule has 4 rings (SSSR count). The summed E-state index contributed by atoms with van der Waals surface area (Å²) in [6.07, 6.45) is -1.76. The zero-order valence-electron chi connectivity index (χ0n) is 17.5. The second kappa shape index (κ2) is 9.23. The van der Waals surface area contributed by atoms with Crippen molar-refractivity contribution in [2.45, 2.75) is 22.4 Å². The van der Waals surface area contributed by atoms with Gasteiger partial charge >= 0.3 is 6.18 Å². The van der Waals surface area contributed by atoms with Crippen LogP contribution in [-0.2, 0) is 11.0 Å². The fraction of sp³-hybridized carbons (Fsp3) is 0.160. The highest BCUT2D eigenvalue weighted by atomic mass is 32.2. The fourth-order valence-corrected chi connectivity index (χ4v) is 4.91. The number of likely N-dealkylation sites (N-methyl/N-ethyl adjacent to an activating group) is 1. The molecule has 3 aromatic rings. The van der Waals surface area contributed by atoms with Gasteiger partial charge in [-0.05, 0) is 53.6 Å². The summed E-state index contributed by atoms with van der Waals surface area (Å²) in [5.41, 5.74) is 1.66. The van der Waals surface area contributed by atoms with Crippen LogP contribution in [0.2, 0.25) is 0 Å². The van der Waals surface area contributed by atoms with Crippen molar-refractivity contribution in [3.05, 3.63) is 95.1 Å². The van der Waals surface area contributed by atoms with Gasteiger partial charge in [-0.2, -0.15) is 13.2 Å². The molecule has 0 aromatic heterocycles. The zero-order valence-corrected chi connectivity index (χ0v) is 18.3. The second-order valence-corrected chi connectivity index (χ2v) is 8.62. The molecular formula is C25H20F3NO3S. The number of ether oxygens (including phenoxy) is 1. The first kappa shape index (κ1) is 22.8. The maximum Gasteiger partial charge on any atom is 0.416 e. The Bertz CT molecular complexity index is 1170. The van der Waals surface area contributed by atoms with Gasteiger partial charge in [-0.15, -0.1) is 11.8 Å². The Balaban J connectivity index is 1.61. The Morgan fingerprint density at radius 1 is 1.06 bits per heavy atom. The van der Waals surface area contributed by atoms with E-state index in [0.29, 0.717) is 11.3 Å². The number of hydrogen-bond donors (Lipinski definition) is 2. The number of thioether (sulfide) groups is 1. The normalized spacial score (nSPS) is 17.7. The summed E-state index contributed by atoms with van der Waals surface area (Å²) in [5, 5.41) is 12.1. The van der Waals surface area contributed by atoms with Crippen LogP contribution in [0.4, 0.5) is 13.2 Å². The molecule has 3 aromatic carbocycles. The Hall–Kier alpha value is -3.39. The molecule has 1 aliphatic heterocycles. The van der Waals surface area contributed by atoms with Crippen molar-refractivity contribution in [1.29, 1.82) is 0 Å². The molecule has 8 heteroatoms. The SMILES string of the molecule is CNC(=O)/C=C/c1ccc(OC2c3ccc(O)cc3SC2c2ccc(C(F)(F)F)cc2)cc1. The van der Waals surface area contributed by atoms with Crippen LogP contribution in [0, 0.1) is 0 Å². The molecule has 0 aliphatic carbocycles. The van der Waals surface area contributed by atoms with Crippen LogP contribution >= 0.6 is 11.8 Å². The molecule has 0 spiro atoms. The van der Waals surface area contributed by atoms with E-state index < -0.39 is 17.8 Å². The van der Waals surface area contributed by atoms with Crippen LogP contribution in [0.15, 0.2) is 77.7 Å². The van der Waals surface area contributed by atoms with Crippen molar-refractivity contribution in [3.8, 4) is 11.5 Å². The molecule has 0 saturated heterocycles. The monoisotopic (exact) mass is 471 g/mol. The number of carbonyl (C=O) groups is 1. The van der Waals surface area contributed by atoms with Gasteiger partial charge in [0.05, 0.1) is 10.8 Å². The van der Waals surface area contributed by atoms with E-state index in [0.717, 1.165) is 28.2 Å². The van der Waals surface area contributed by atoms with E-state index in [-0.39, 0.29) is 16.9 Å². The molecule has 1 aliphatic rings. The number of carbonyl (C=O) groups excluding carboxylic acids is 1. The van der Waals surface area contributed by atoms with E-state index in [1.807, 2.05) is 12.1 Å². The van der Waals surface area contributed by atoms with Crippen molar-refractivity contribution in [1.82, 2.24) is 5.32 Å². The molecule has 0 bridgehead atoms. The molecule has 170 valence electrons. The summed E-state index contributed by atoms with van der Waals surface area (Å²) in [4.78, 5) is 12.2. The summed E-state index contributed by atoms with van der Waals surface area (Å²) in [5.74, 6) is 0.480. The number of fused-ring (bicyclic) bond motifs is 1. The minimum absolute atomic E-state index is 0.111. The van der Waals surface area contributed by atoms with Crippen LogP contribution < -0.4 is 10.1 Å². The first-order chi connectivity index (χ1) is 15.7. The number of halogens is 3. The Morgan fingerprint density at radius 2 is 1.76 bits per heavy atom. The Morgan fingerprint density at radius 3 is 2.39 bits per heavy atom. The Labute approximate surface area is 193 Å². The molecule has 33 heavy (non-hydrogen) atoms. The van der Waals surface area contributed by atoms with Gasteiger partial charge in [-0.1, -0.05) is 30.3 Å². The van der Waals surface area contributed by atoms with Crippen molar-refractivity contribution in [2.75, 3.05) is 7.05 Å². The summed E-state index contributed by atoms with van der Waals surface area (Å²) < 4.78 is 45.2. The van der Waals surface area contributed by atoms with Crippen LogP contribution in [-0.4, -0.2) is 18.1 Å². The molecule has 2 unspecified atom stereocenters. The van der Waals surface area contributed by atoms with Crippen LogP contribution in [0.5, 0.6) is 11.5 Å². The number of nitrogens with one attached hydrogen (secondary N) is 1. The van der Waals surface area contributed by atoms with Gasteiger partial charge in [0.25, 0.3) is 0 Å². The highest BCUT2D eigenvalue weighted by molar-refractivity contribution is 8.00. The van der Waals surface area contributed by atoms with Crippen molar-refractivity contribution in [2.24, 2.45) is 0 Å². The van der Waals surface area contributed by atoms with Crippen LogP contribution in [0.3, 0.4) is 0 Å². The number of phenolic OH excluding ortho intramolecular Hbond substituents is 1. The molecule has 2 N–H and O–H groups in total. The van der Waals surface area contributed by atoms with Crippen molar-refractivity contribution in [3.63, 3.8) is 0 Å². The van der Waals surface area contributed by atoms with E-state index in [9.17, 15) is 23.1 Å². The van der Waals surface area contributed by atoms with Crippen LogP contribution in [0.25, 0.3) is 6.08 Å². The molecule has 0 fully saturated rings. The largest absolute Gasteiger partial charge is 0.508 e. The van der Waals surface area contributed by atoms with Gasteiger partial charge in [-0.25, -0.2) is 0 Å². The smallest absolute Gasteiger partial charge is 0.416 e. The lowest BCUT2D eigenvalue weighted by atomic mass is 9.99. The number of alkyl halides is 3. The van der Waals surface area contributed by atoms with E-state index in [4.69, 9.17) is 4.74 Å². The third-order valence-electron chi connectivity index (χ3n) is 5.22. The van der Waals surface area contributed by atoms with Gasteiger partial charge in [0.2, 0.25) is 5.91 Å². The maximum atomic E-state index is 13.0. The zero-order chi connectivity index (χ0) is 23.6. The predicted molar refractivity (Wildman–Crippen MR) is 121 cm³/mol. The average Bonchev–Trinajstić information content (AvgIpc) is 3.15. The first-order valence-corrected chi connectivity index (χ1v) is 11.0. The van der Waals surface area contributed by atoms with E-state index in [1.165, 1.54) is 30.0 Å². The molecule has 0 radical (unpaired) electrons. The molecule has 0 saturated carbocycles. The second-order valence-electron chi connectivity index (χ2n) is 7.44. The van der Waals surface area contributed by atoms with Gasteiger partial charge in [0.1, 0.15) is 17.6 Å².